The van der Waals surface area contributed by atoms with Crippen LogP contribution < -0.4 is 26.2 Å². The van der Waals surface area contributed by atoms with E-state index >= 15 is 0 Å². The van der Waals surface area contributed by atoms with Crippen molar-refractivity contribution in [1.29, 1.82) is 0 Å². The number of benzene rings is 15. The van der Waals surface area contributed by atoms with E-state index in [1.807, 2.05) is 11.3 Å². The highest BCUT2D eigenvalue weighted by Crippen LogP contribution is 2.58. The van der Waals surface area contributed by atoms with Gasteiger partial charge in [-0.1, -0.05) is 328 Å². The van der Waals surface area contributed by atoms with Crippen molar-refractivity contribution in [2.75, 3.05) is 9.80 Å². The van der Waals surface area contributed by atoms with Gasteiger partial charge in [-0.3, -0.25) is 0 Å². The Morgan fingerprint density at radius 1 is 0.243 bits per heavy atom. The maximum atomic E-state index is 7.04. The Hall–Kier alpha value is -12.0. The number of hydrogen-bond acceptors (Lipinski definition) is 4. The zero-order chi connectivity index (χ0) is 79.4. The maximum absolute atomic E-state index is 7.04. The number of para-hydroxylation sites is 1. The Balaban J connectivity index is 1.05. The topological polar surface area (TPSA) is 19.6 Å². The number of furan rings is 1. The van der Waals surface area contributed by atoms with Crippen LogP contribution in [-0.4, -0.2) is 6.71 Å². The highest BCUT2D eigenvalue weighted by Gasteiger charge is 2.47. The van der Waals surface area contributed by atoms with E-state index in [0.29, 0.717) is 0 Å². The van der Waals surface area contributed by atoms with Gasteiger partial charge in [-0.05, 0) is 229 Å². The van der Waals surface area contributed by atoms with Crippen LogP contribution in [0.15, 0.2) is 320 Å². The average molecular weight is 1510 g/mol. The molecule has 0 aliphatic carbocycles. The lowest BCUT2D eigenvalue weighted by molar-refractivity contribution is 0.569. The van der Waals surface area contributed by atoms with Gasteiger partial charge in [0, 0.05) is 75.9 Å². The molecule has 0 saturated heterocycles. The minimum Gasteiger partial charge on any atom is -0.456 e. The fourth-order valence-electron chi connectivity index (χ4n) is 18.0. The third-order valence-corrected chi connectivity index (χ3v) is 25.5. The van der Waals surface area contributed by atoms with Crippen molar-refractivity contribution in [3.05, 3.63) is 343 Å². The second-order valence-corrected chi connectivity index (χ2v) is 38.4. The van der Waals surface area contributed by atoms with E-state index in [1.54, 1.807) is 0 Å². The molecule has 0 unspecified atom stereocenters. The van der Waals surface area contributed by atoms with Crippen molar-refractivity contribution in [1.82, 2.24) is 0 Å². The molecule has 2 aromatic heterocycles. The smallest absolute Gasteiger partial charge is 0.252 e. The molecule has 0 saturated carbocycles. The van der Waals surface area contributed by atoms with Gasteiger partial charge in [-0.15, -0.1) is 11.3 Å². The van der Waals surface area contributed by atoms with E-state index in [-0.39, 0.29) is 33.8 Å². The molecule has 2 aliphatic rings. The van der Waals surface area contributed by atoms with E-state index in [0.717, 1.165) is 101 Å². The van der Waals surface area contributed by atoms with Crippen molar-refractivity contribution in [3.8, 4) is 89.0 Å². The molecule has 0 fully saturated rings. The molecule has 0 spiro atoms. The second-order valence-electron chi connectivity index (χ2n) is 37.3. The minimum atomic E-state index is -0.306. The van der Waals surface area contributed by atoms with E-state index in [1.165, 1.54) is 109 Å². The summed E-state index contributed by atoms with van der Waals surface area (Å²) in [4.78, 5) is 5.55. The summed E-state index contributed by atoms with van der Waals surface area (Å²) < 4.78 is 9.56. The normalized spacial score (nSPS) is 13.1. The quantitative estimate of drug-likeness (QED) is 0.127. The summed E-state index contributed by atoms with van der Waals surface area (Å²) in [5.74, 6) is 0. The van der Waals surface area contributed by atoms with Crippen molar-refractivity contribution in [2.45, 2.75) is 131 Å². The lowest BCUT2D eigenvalue weighted by Gasteiger charge is -2.46. The molecule has 0 bridgehead atoms. The zero-order valence-electron chi connectivity index (χ0n) is 68.8. The van der Waals surface area contributed by atoms with Crippen LogP contribution in [-0.2, 0) is 27.1 Å². The molecule has 3 nitrogen and oxygen atoms in total. The largest absolute Gasteiger partial charge is 0.456 e. The maximum Gasteiger partial charge on any atom is 0.252 e. The Labute approximate surface area is 683 Å². The Kier molecular flexibility index (Phi) is 17.4. The second kappa shape index (κ2) is 27.4. The van der Waals surface area contributed by atoms with Gasteiger partial charge in [-0.25, -0.2) is 0 Å². The monoisotopic (exact) mass is 1500 g/mol. The molecule has 19 rings (SSSR count). The van der Waals surface area contributed by atoms with Crippen LogP contribution in [0.4, 0.5) is 34.1 Å². The van der Waals surface area contributed by atoms with Crippen molar-refractivity contribution in [2.24, 2.45) is 0 Å². The fourth-order valence-corrected chi connectivity index (χ4v) is 19.2. The van der Waals surface area contributed by atoms with Gasteiger partial charge in [0.25, 0.3) is 6.71 Å². The summed E-state index contributed by atoms with van der Waals surface area (Å²) in [6.45, 7) is 35.4. The first kappa shape index (κ1) is 73.2. The first-order chi connectivity index (χ1) is 55.2. The van der Waals surface area contributed by atoms with Gasteiger partial charge < -0.3 is 14.2 Å². The van der Waals surface area contributed by atoms with Crippen molar-refractivity contribution < 1.29 is 4.42 Å². The molecule has 115 heavy (non-hydrogen) atoms. The summed E-state index contributed by atoms with van der Waals surface area (Å²) >= 11 is 1.88. The molecular formula is C110H97BN2OS. The van der Waals surface area contributed by atoms with Crippen molar-refractivity contribution in [3.63, 3.8) is 0 Å². The lowest BCUT2D eigenvalue weighted by Crippen LogP contribution is -2.61. The first-order valence-corrected chi connectivity index (χ1v) is 41.8. The van der Waals surface area contributed by atoms with Crippen LogP contribution in [0.25, 0.3) is 131 Å². The summed E-state index contributed by atoms with van der Waals surface area (Å²) in [5, 5.41) is 4.68. The zero-order valence-corrected chi connectivity index (χ0v) is 69.6. The highest BCUT2D eigenvalue weighted by molar-refractivity contribution is 7.26. The minimum absolute atomic E-state index is 0.184. The molecule has 562 valence electrons. The van der Waals surface area contributed by atoms with Gasteiger partial charge in [-0.2, -0.15) is 0 Å². The molecule has 17 aromatic rings. The van der Waals surface area contributed by atoms with E-state index < -0.39 is 0 Å². The van der Waals surface area contributed by atoms with Gasteiger partial charge in [0.15, 0.2) is 0 Å². The standard InChI is InChI=1S/C110H97BN2OS/c1-106(2,3)78-51-52-91-94(67-78)113(104-87(70-38-24-18-25-39-70)63-81(109(10,11)12)64-88(104)71-40-26-19-27-41-71)96-61-77(76-57-79(107(4,5)6)62-80(58-76)108(7,8)9)60-95-103(96)111(91)92-59-72(75-55-73(68-34-20-16-21-35-68)54-74(56-75)69-36-22-17-23-37-69)50-53-93(92)112(95)105-89(83-44-32-47-98-101(83)85-42-28-30-46-97(85)114-98)65-82(110(13,14)15)66-90(105)84-45-33-49-100-102(84)86-43-29-31-48-99(86)115-100/h16-67H,1-15H3. The van der Waals surface area contributed by atoms with Gasteiger partial charge in [0.05, 0.1) is 11.4 Å². The highest BCUT2D eigenvalue weighted by atomic mass is 32.1. The summed E-state index contributed by atoms with van der Waals surface area (Å²) in [7, 11) is 0. The number of rotatable bonds is 10. The van der Waals surface area contributed by atoms with Crippen LogP contribution in [0.5, 0.6) is 0 Å². The van der Waals surface area contributed by atoms with Crippen LogP contribution in [0.1, 0.15) is 132 Å². The summed E-state index contributed by atoms with van der Waals surface area (Å²) in [6.07, 6.45) is 0. The molecule has 0 N–H and O–H groups in total. The van der Waals surface area contributed by atoms with Crippen LogP contribution in [0, 0.1) is 0 Å². The average Bonchev–Trinajstić information content (AvgIpc) is 1.22. The van der Waals surface area contributed by atoms with Crippen molar-refractivity contribution >= 4 is 111 Å². The van der Waals surface area contributed by atoms with Crippen LogP contribution >= 0.6 is 11.3 Å². The molecule has 0 amide bonds. The number of hydrogen-bond donors (Lipinski definition) is 0. The molecule has 15 aromatic carbocycles. The van der Waals surface area contributed by atoms with Gasteiger partial charge in [0.1, 0.15) is 11.2 Å². The summed E-state index contributed by atoms with van der Waals surface area (Å²) in [6, 6.07) is 121. The van der Waals surface area contributed by atoms with Gasteiger partial charge >= 0.3 is 0 Å². The molecule has 2 aliphatic heterocycles. The molecule has 0 radical (unpaired) electrons. The number of anilines is 6. The van der Waals surface area contributed by atoms with E-state index in [2.05, 4.69) is 429 Å². The third kappa shape index (κ3) is 12.8. The van der Waals surface area contributed by atoms with Crippen LogP contribution in [0.3, 0.4) is 0 Å². The number of nitrogens with zero attached hydrogens (tertiary/aromatic N) is 2. The predicted molar refractivity (Wildman–Crippen MR) is 498 cm³/mol. The molecule has 0 atom stereocenters. The predicted octanol–water partition coefficient (Wildman–Crippen LogP) is 29.9. The number of fused-ring (bicyclic) bond motifs is 10. The number of thiophene rings is 1. The third-order valence-electron chi connectivity index (χ3n) is 24.4. The molecule has 5 heteroatoms. The van der Waals surface area contributed by atoms with Gasteiger partial charge in [0.2, 0.25) is 0 Å². The molecule has 4 heterocycles. The lowest BCUT2D eigenvalue weighted by atomic mass is 9.33. The first-order valence-electron chi connectivity index (χ1n) is 41.0. The SMILES string of the molecule is CC(C)(C)c1cc(-c2cc3c4c(c2)N(c2c(-c5cccc6oc7ccccc7c56)cc(C(C)(C)C)cc2-c2cccc5sc6ccccc6c25)c2ccc(-c5cc(-c6ccccc6)cc(-c6ccccc6)c5)cc2B4c2ccc(C(C)(C)C)cc2N3c2c(-c3ccccc3)cc(C(C)(C)C)cc2-c2ccccc2)cc(C(C)(C)C)c1. The Bertz CT molecular complexity index is 6440. The van der Waals surface area contributed by atoms with Crippen LogP contribution in [0.2, 0.25) is 0 Å². The Morgan fingerprint density at radius 3 is 1.21 bits per heavy atom. The van der Waals surface area contributed by atoms with E-state index in [9.17, 15) is 0 Å². The Morgan fingerprint density at radius 2 is 0.661 bits per heavy atom. The fraction of sp³-hybridized carbons (Fsp3) is 0.182. The van der Waals surface area contributed by atoms with E-state index in [4.69, 9.17) is 4.42 Å². The summed E-state index contributed by atoms with van der Waals surface area (Å²) in [5.41, 5.74) is 35.9. The molecular weight excluding hydrogens is 1410 g/mol.